The zero-order valence-electron chi connectivity index (χ0n) is 16.8. The van der Waals surface area contributed by atoms with Gasteiger partial charge in [0.1, 0.15) is 5.82 Å². The van der Waals surface area contributed by atoms with E-state index in [-0.39, 0.29) is 17.8 Å². The molecule has 0 spiro atoms. The molecule has 166 valence electrons. The van der Waals surface area contributed by atoms with Gasteiger partial charge in [-0.1, -0.05) is 35.3 Å². The highest BCUT2D eigenvalue weighted by molar-refractivity contribution is 6.42. The van der Waals surface area contributed by atoms with E-state index in [0.29, 0.717) is 47.9 Å². The average molecular weight is 476 g/mol. The first kappa shape index (κ1) is 22.1. The lowest BCUT2D eigenvalue weighted by molar-refractivity contribution is -0.384. The first-order valence-corrected chi connectivity index (χ1v) is 10.6. The molecular weight excluding hydrogens is 457 g/mol. The summed E-state index contributed by atoms with van der Waals surface area (Å²) in [6.07, 6.45) is 1.55. The number of anilines is 2. The number of hydrogen-bond acceptors (Lipinski definition) is 6. The standard InChI is InChI=1S/C21H19Cl2N5O4/c22-17-3-1-2-14(20(17)23)13-27-19(6-7-24-27)25-21(29)16-12-15(28(30)31)4-5-18(16)26-8-10-32-11-9-26/h1-7,12H,8-11,13H2,(H,25,29). The molecule has 4 rings (SSSR count). The van der Waals surface area contributed by atoms with Gasteiger partial charge < -0.3 is 15.0 Å². The second-order valence-electron chi connectivity index (χ2n) is 7.10. The molecule has 1 aliphatic heterocycles. The predicted octanol–water partition coefficient (Wildman–Crippen LogP) is 4.24. The van der Waals surface area contributed by atoms with Crippen LogP contribution in [0.25, 0.3) is 0 Å². The fourth-order valence-corrected chi connectivity index (χ4v) is 3.86. The molecule has 0 bridgehead atoms. The highest BCUT2D eigenvalue weighted by Crippen LogP contribution is 2.29. The van der Waals surface area contributed by atoms with Crippen LogP contribution in [0.3, 0.4) is 0 Å². The summed E-state index contributed by atoms with van der Waals surface area (Å²) in [5, 5.41) is 19.2. The highest BCUT2D eigenvalue weighted by atomic mass is 35.5. The topological polar surface area (TPSA) is 103 Å². The average Bonchev–Trinajstić information content (AvgIpc) is 3.23. The SMILES string of the molecule is O=C(Nc1ccnn1Cc1cccc(Cl)c1Cl)c1cc([N+](=O)[O-])ccc1N1CCOCC1. The van der Waals surface area contributed by atoms with E-state index in [9.17, 15) is 14.9 Å². The number of nitrogens with one attached hydrogen (secondary N) is 1. The molecule has 1 amide bonds. The number of nitrogens with zero attached hydrogens (tertiary/aromatic N) is 4. The molecule has 32 heavy (non-hydrogen) atoms. The van der Waals surface area contributed by atoms with Crippen molar-refractivity contribution in [2.45, 2.75) is 6.54 Å². The van der Waals surface area contributed by atoms with E-state index in [2.05, 4.69) is 10.4 Å². The Morgan fingerprint density at radius 3 is 2.72 bits per heavy atom. The molecule has 1 fully saturated rings. The smallest absolute Gasteiger partial charge is 0.270 e. The van der Waals surface area contributed by atoms with Crippen LogP contribution in [0.1, 0.15) is 15.9 Å². The molecule has 9 nitrogen and oxygen atoms in total. The Balaban J connectivity index is 1.62. The second kappa shape index (κ2) is 9.56. The number of amides is 1. The Labute approximate surface area is 193 Å². The number of nitro benzene ring substituents is 1. The van der Waals surface area contributed by atoms with E-state index >= 15 is 0 Å². The normalized spacial score (nSPS) is 13.8. The van der Waals surface area contributed by atoms with Crippen molar-refractivity contribution in [3.05, 3.63) is 79.9 Å². The fourth-order valence-electron chi connectivity index (χ4n) is 3.48. The Kier molecular flexibility index (Phi) is 6.59. The molecule has 11 heteroatoms. The predicted molar refractivity (Wildman–Crippen MR) is 122 cm³/mol. The molecule has 1 aliphatic rings. The first-order valence-electron chi connectivity index (χ1n) is 9.81. The van der Waals surface area contributed by atoms with Gasteiger partial charge in [-0.05, 0) is 17.7 Å². The van der Waals surface area contributed by atoms with Crippen LogP contribution < -0.4 is 10.2 Å². The molecule has 2 aromatic carbocycles. The Morgan fingerprint density at radius 2 is 1.97 bits per heavy atom. The number of ether oxygens (including phenoxy) is 1. The molecule has 0 aliphatic carbocycles. The summed E-state index contributed by atoms with van der Waals surface area (Å²) in [6.45, 7) is 2.50. The maximum absolute atomic E-state index is 13.2. The molecule has 2 heterocycles. The van der Waals surface area contributed by atoms with Gasteiger partial charge in [0.05, 0.1) is 52.2 Å². The Hall–Kier alpha value is -3.14. The van der Waals surface area contributed by atoms with Crippen LogP contribution >= 0.6 is 23.2 Å². The van der Waals surface area contributed by atoms with E-state index in [0.717, 1.165) is 5.56 Å². The Bertz CT molecular complexity index is 1160. The van der Waals surface area contributed by atoms with Gasteiger partial charge in [-0.15, -0.1) is 0 Å². The van der Waals surface area contributed by atoms with Crippen LogP contribution in [0, 0.1) is 10.1 Å². The van der Waals surface area contributed by atoms with Crippen molar-refractivity contribution >= 4 is 46.3 Å². The number of benzene rings is 2. The van der Waals surface area contributed by atoms with Crippen LogP contribution in [0.5, 0.6) is 0 Å². The fraction of sp³-hybridized carbons (Fsp3) is 0.238. The summed E-state index contributed by atoms with van der Waals surface area (Å²) in [7, 11) is 0. The molecule has 1 N–H and O–H groups in total. The van der Waals surface area contributed by atoms with Gasteiger partial charge in [-0.3, -0.25) is 14.9 Å². The molecule has 0 unspecified atom stereocenters. The number of non-ortho nitro benzene ring substituents is 1. The Morgan fingerprint density at radius 1 is 1.19 bits per heavy atom. The second-order valence-corrected chi connectivity index (χ2v) is 7.88. The molecule has 0 atom stereocenters. The summed E-state index contributed by atoms with van der Waals surface area (Å²) in [5.41, 5.74) is 1.39. The van der Waals surface area contributed by atoms with Crippen LogP contribution in [0.15, 0.2) is 48.7 Å². The monoisotopic (exact) mass is 475 g/mol. The van der Waals surface area contributed by atoms with Crippen molar-refractivity contribution in [1.29, 1.82) is 0 Å². The van der Waals surface area contributed by atoms with Crippen molar-refractivity contribution in [3.63, 3.8) is 0 Å². The van der Waals surface area contributed by atoms with E-state index in [1.807, 2.05) is 11.0 Å². The van der Waals surface area contributed by atoms with Gasteiger partial charge in [-0.2, -0.15) is 5.10 Å². The van der Waals surface area contributed by atoms with Crippen molar-refractivity contribution < 1.29 is 14.5 Å². The number of halogens is 2. The zero-order chi connectivity index (χ0) is 22.7. The van der Waals surface area contributed by atoms with Crippen molar-refractivity contribution in [1.82, 2.24) is 9.78 Å². The molecule has 1 aromatic heterocycles. The number of aromatic nitrogens is 2. The number of carbonyl (C=O) groups is 1. The summed E-state index contributed by atoms with van der Waals surface area (Å²) in [4.78, 5) is 26.0. The third-order valence-corrected chi connectivity index (χ3v) is 5.96. The van der Waals surface area contributed by atoms with E-state index in [4.69, 9.17) is 27.9 Å². The van der Waals surface area contributed by atoms with Gasteiger partial charge in [0.25, 0.3) is 11.6 Å². The lowest BCUT2D eigenvalue weighted by Gasteiger charge is -2.30. The lowest BCUT2D eigenvalue weighted by Crippen LogP contribution is -2.37. The van der Waals surface area contributed by atoms with Crippen molar-refractivity contribution in [2.75, 3.05) is 36.5 Å². The van der Waals surface area contributed by atoms with Gasteiger partial charge in [0.2, 0.25) is 0 Å². The number of rotatable bonds is 6. The van der Waals surface area contributed by atoms with Gasteiger partial charge >= 0.3 is 0 Å². The minimum absolute atomic E-state index is 0.161. The molecule has 3 aromatic rings. The van der Waals surface area contributed by atoms with Crippen LogP contribution in [0.2, 0.25) is 10.0 Å². The van der Waals surface area contributed by atoms with E-state index in [1.54, 1.807) is 35.1 Å². The third-order valence-electron chi connectivity index (χ3n) is 5.10. The molecule has 0 radical (unpaired) electrons. The van der Waals surface area contributed by atoms with Gasteiger partial charge in [-0.25, -0.2) is 4.68 Å². The number of morpholine rings is 1. The van der Waals surface area contributed by atoms with Gasteiger partial charge in [0.15, 0.2) is 0 Å². The zero-order valence-corrected chi connectivity index (χ0v) is 18.3. The number of carbonyl (C=O) groups excluding carboxylic acids is 1. The largest absolute Gasteiger partial charge is 0.378 e. The first-order chi connectivity index (χ1) is 15.4. The number of hydrogen-bond donors (Lipinski definition) is 1. The summed E-state index contributed by atoms with van der Waals surface area (Å²) >= 11 is 12.4. The third kappa shape index (κ3) is 4.69. The van der Waals surface area contributed by atoms with Crippen LogP contribution in [-0.4, -0.2) is 46.9 Å². The minimum Gasteiger partial charge on any atom is -0.378 e. The van der Waals surface area contributed by atoms with Crippen LogP contribution in [0.4, 0.5) is 17.2 Å². The summed E-state index contributed by atoms with van der Waals surface area (Å²) in [5.74, 6) is -0.0559. The summed E-state index contributed by atoms with van der Waals surface area (Å²) in [6, 6.07) is 11.2. The van der Waals surface area contributed by atoms with Crippen molar-refractivity contribution in [2.24, 2.45) is 0 Å². The summed E-state index contributed by atoms with van der Waals surface area (Å²) < 4.78 is 6.95. The van der Waals surface area contributed by atoms with E-state index in [1.165, 1.54) is 12.1 Å². The van der Waals surface area contributed by atoms with E-state index < -0.39 is 10.8 Å². The number of nitro groups is 1. The molecular formula is C21H19Cl2N5O4. The lowest BCUT2D eigenvalue weighted by atomic mass is 10.1. The molecule has 0 saturated carbocycles. The van der Waals surface area contributed by atoms with Crippen molar-refractivity contribution in [3.8, 4) is 0 Å². The molecule has 1 saturated heterocycles. The maximum atomic E-state index is 13.2. The van der Waals surface area contributed by atoms with Gasteiger partial charge in [0, 0.05) is 31.3 Å². The maximum Gasteiger partial charge on any atom is 0.270 e. The quantitative estimate of drug-likeness (QED) is 0.422. The van der Waals surface area contributed by atoms with Crippen LogP contribution in [-0.2, 0) is 11.3 Å². The minimum atomic E-state index is -0.523. The highest BCUT2D eigenvalue weighted by Gasteiger charge is 2.23.